The minimum absolute atomic E-state index is 0.0598. The van der Waals surface area contributed by atoms with Gasteiger partial charge in [0.2, 0.25) is 11.8 Å². The molecule has 7 heteroatoms. The molecule has 0 fully saturated rings. The van der Waals surface area contributed by atoms with Crippen molar-refractivity contribution in [3.8, 4) is 0 Å². The van der Waals surface area contributed by atoms with Crippen LogP contribution in [0.1, 0.15) is 21.5 Å². The Labute approximate surface area is 130 Å². The second kappa shape index (κ2) is 6.51. The first-order chi connectivity index (χ1) is 10.8. The van der Waals surface area contributed by atoms with Crippen LogP contribution in [0.15, 0.2) is 48.5 Å². The van der Waals surface area contributed by atoms with E-state index in [2.05, 4.69) is 5.32 Å². The number of benzene rings is 2. The molecule has 0 atom stereocenters. The molecular weight excluding hydrogens is 309 g/mol. The monoisotopic (exact) mass is 322 g/mol. The number of carbonyl (C=O) groups excluding carboxylic acids is 2. The Morgan fingerprint density at radius 1 is 0.957 bits per heavy atom. The molecule has 3 N–H and O–H groups in total. The maximum atomic E-state index is 12.4. The van der Waals surface area contributed by atoms with E-state index in [1.54, 1.807) is 0 Å². The third-order valence-corrected chi connectivity index (χ3v) is 3.10. The third-order valence-electron chi connectivity index (χ3n) is 3.10. The van der Waals surface area contributed by atoms with E-state index in [-0.39, 0.29) is 12.3 Å². The highest BCUT2D eigenvalue weighted by atomic mass is 19.4. The Morgan fingerprint density at radius 2 is 1.52 bits per heavy atom. The summed E-state index contributed by atoms with van der Waals surface area (Å²) >= 11 is 0. The summed E-state index contributed by atoms with van der Waals surface area (Å²) in [5.74, 6) is -0.954. The topological polar surface area (TPSA) is 72.2 Å². The maximum absolute atomic E-state index is 12.4. The van der Waals surface area contributed by atoms with Crippen LogP contribution in [0.4, 0.5) is 18.9 Å². The van der Waals surface area contributed by atoms with Crippen LogP contribution in [0.25, 0.3) is 0 Å². The Bertz CT molecular complexity index is 708. The van der Waals surface area contributed by atoms with Crippen LogP contribution in [-0.4, -0.2) is 11.8 Å². The average Bonchev–Trinajstić information content (AvgIpc) is 2.47. The quantitative estimate of drug-likeness (QED) is 0.908. The Balaban J connectivity index is 1.98. The molecule has 4 nitrogen and oxygen atoms in total. The lowest BCUT2D eigenvalue weighted by Gasteiger charge is -2.08. The number of hydrogen-bond acceptors (Lipinski definition) is 2. The van der Waals surface area contributed by atoms with E-state index in [1.807, 2.05) is 0 Å². The summed E-state index contributed by atoms with van der Waals surface area (Å²) in [5, 5.41) is 2.59. The lowest BCUT2D eigenvalue weighted by atomic mass is 10.1. The van der Waals surface area contributed by atoms with Crippen LogP contribution in [0.5, 0.6) is 0 Å². The lowest BCUT2D eigenvalue weighted by Crippen LogP contribution is -2.15. The molecule has 2 aromatic rings. The summed E-state index contributed by atoms with van der Waals surface area (Å²) < 4.78 is 37.3. The molecule has 0 heterocycles. The molecule has 0 unspecified atom stereocenters. The number of hydrogen-bond donors (Lipinski definition) is 2. The maximum Gasteiger partial charge on any atom is 0.416 e. The number of rotatable bonds is 4. The van der Waals surface area contributed by atoms with Gasteiger partial charge >= 0.3 is 6.18 Å². The number of nitrogens with two attached hydrogens (primary N) is 1. The SMILES string of the molecule is NC(=O)c1ccc(NC(=O)Cc2ccc(C(F)(F)F)cc2)cc1. The van der Waals surface area contributed by atoms with Gasteiger partial charge in [-0.25, -0.2) is 0 Å². The lowest BCUT2D eigenvalue weighted by molar-refractivity contribution is -0.137. The summed E-state index contributed by atoms with van der Waals surface area (Å²) in [6.07, 6.45) is -4.46. The molecule has 0 aliphatic carbocycles. The van der Waals surface area contributed by atoms with Crippen LogP contribution in [0, 0.1) is 0 Å². The minimum atomic E-state index is -4.40. The second-order valence-corrected chi connectivity index (χ2v) is 4.86. The van der Waals surface area contributed by atoms with Crippen molar-refractivity contribution >= 4 is 17.5 Å². The molecular formula is C16H13F3N2O2. The van der Waals surface area contributed by atoms with E-state index < -0.39 is 17.6 Å². The summed E-state index contributed by atoms with van der Waals surface area (Å²) in [6, 6.07) is 10.4. The van der Waals surface area contributed by atoms with Gasteiger partial charge in [0, 0.05) is 11.3 Å². The van der Waals surface area contributed by atoms with Gasteiger partial charge in [0.15, 0.2) is 0 Å². The predicted octanol–water partition coefficient (Wildman–Crippen LogP) is 2.99. The molecule has 23 heavy (non-hydrogen) atoms. The summed E-state index contributed by atoms with van der Waals surface area (Å²) in [4.78, 5) is 22.8. The van der Waals surface area contributed by atoms with E-state index >= 15 is 0 Å². The van der Waals surface area contributed by atoms with Crippen molar-refractivity contribution in [1.82, 2.24) is 0 Å². The standard InChI is InChI=1S/C16H13F3N2O2/c17-16(18,19)12-5-1-10(2-6-12)9-14(22)21-13-7-3-11(4-8-13)15(20)23/h1-8H,9H2,(H2,20,23)(H,21,22). The molecule has 2 amide bonds. The van der Waals surface area contributed by atoms with Gasteiger partial charge in [0.05, 0.1) is 12.0 Å². The molecule has 120 valence electrons. The normalized spacial score (nSPS) is 11.1. The van der Waals surface area contributed by atoms with Gasteiger partial charge in [-0.2, -0.15) is 13.2 Å². The van der Waals surface area contributed by atoms with Gasteiger partial charge < -0.3 is 11.1 Å². The number of primary amides is 1. The van der Waals surface area contributed by atoms with Crippen molar-refractivity contribution < 1.29 is 22.8 Å². The fourth-order valence-corrected chi connectivity index (χ4v) is 1.92. The van der Waals surface area contributed by atoms with Crippen molar-refractivity contribution in [3.05, 3.63) is 65.2 Å². The zero-order valence-electron chi connectivity index (χ0n) is 11.9. The molecule has 0 saturated carbocycles. The van der Waals surface area contributed by atoms with Gasteiger partial charge in [0.1, 0.15) is 0 Å². The third kappa shape index (κ3) is 4.57. The first-order valence-electron chi connectivity index (χ1n) is 6.61. The second-order valence-electron chi connectivity index (χ2n) is 4.86. The van der Waals surface area contributed by atoms with E-state index in [1.165, 1.54) is 36.4 Å². The van der Waals surface area contributed by atoms with Crippen LogP contribution < -0.4 is 11.1 Å². The molecule has 0 radical (unpaired) electrons. The van der Waals surface area contributed by atoms with Crippen LogP contribution >= 0.6 is 0 Å². The summed E-state index contributed by atoms with van der Waals surface area (Å²) in [5.41, 5.74) is 5.58. The van der Waals surface area contributed by atoms with Gasteiger partial charge in [-0.1, -0.05) is 12.1 Å². The summed E-state index contributed by atoms with van der Waals surface area (Å²) in [6.45, 7) is 0. The van der Waals surface area contributed by atoms with Crippen molar-refractivity contribution in [2.45, 2.75) is 12.6 Å². The van der Waals surface area contributed by atoms with Gasteiger partial charge in [-0.05, 0) is 42.0 Å². The van der Waals surface area contributed by atoms with E-state index in [0.717, 1.165) is 12.1 Å². The fourth-order valence-electron chi connectivity index (χ4n) is 1.92. The van der Waals surface area contributed by atoms with Gasteiger partial charge in [0.25, 0.3) is 0 Å². The molecule has 0 aromatic heterocycles. The molecule has 0 aliphatic heterocycles. The molecule has 0 aliphatic rings. The van der Waals surface area contributed by atoms with Crippen LogP contribution in [-0.2, 0) is 17.4 Å². The van der Waals surface area contributed by atoms with Crippen molar-refractivity contribution in [2.75, 3.05) is 5.32 Å². The number of carbonyl (C=O) groups is 2. The number of amides is 2. The smallest absolute Gasteiger partial charge is 0.366 e. The molecule has 0 bridgehead atoms. The molecule has 2 aromatic carbocycles. The minimum Gasteiger partial charge on any atom is -0.366 e. The number of alkyl halides is 3. The van der Waals surface area contributed by atoms with Gasteiger partial charge in [-0.15, -0.1) is 0 Å². The number of halogens is 3. The molecule has 0 saturated heterocycles. The van der Waals surface area contributed by atoms with Crippen molar-refractivity contribution in [3.63, 3.8) is 0 Å². The predicted molar refractivity (Wildman–Crippen MR) is 78.7 cm³/mol. The summed E-state index contributed by atoms with van der Waals surface area (Å²) in [7, 11) is 0. The fraction of sp³-hybridized carbons (Fsp3) is 0.125. The van der Waals surface area contributed by atoms with E-state index in [4.69, 9.17) is 5.73 Å². The van der Waals surface area contributed by atoms with Crippen LogP contribution in [0.3, 0.4) is 0 Å². The number of anilines is 1. The largest absolute Gasteiger partial charge is 0.416 e. The molecule has 0 spiro atoms. The number of nitrogens with one attached hydrogen (secondary N) is 1. The highest BCUT2D eigenvalue weighted by molar-refractivity contribution is 5.95. The Hall–Kier alpha value is -2.83. The Morgan fingerprint density at radius 3 is 2.00 bits per heavy atom. The zero-order valence-corrected chi connectivity index (χ0v) is 11.9. The van der Waals surface area contributed by atoms with Crippen LogP contribution in [0.2, 0.25) is 0 Å². The van der Waals surface area contributed by atoms with Crippen molar-refractivity contribution in [1.29, 1.82) is 0 Å². The Kier molecular flexibility index (Phi) is 4.68. The molecule has 2 rings (SSSR count). The first-order valence-corrected chi connectivity index (χ1v) is 6.61. The highest BCUT2D eigenvalue weighted by Gasteiger charge is 2.29. The van der Waals surface area contributed by atoms with Crippen molar-refractivity contribution in [2.24, 2.45) is 5.73 Å². The highest BCUT2D eigenvalue weighted by Crippen LogP contribution is 2.29. The first kappa shape index (κ1) is 16.5. The zero-order chi connectivity index (χ0) is 17.0. The average molecular weight is 322 g/mol. The van der Waals surface area contributed by atoms with E-state index in [0.29, 0.717) is 16.8 Å². The van der Waals surface area contributed by atoms with Gasteiger partial charge in [-0.3, -0.25) is 9.59 Å². The van der Waals surface area contributed by atoms with E-state index in [9.17, 15) is 22.8 Å².